The smallest absolute Gasteiger partial charge is 0.417 e. The summed E-state index contributed by atoms with van der Waals surface area (Å²) >= 11 is 0. The Balaban J connectivity index is 1.49. The van der Waals surface area contributed by atoms with E-state index in [1.807, 2.05) is 4.90 Å². The third-order valence-corrected chi connectivity index (χ3v) is 9.08. The van der Waals surface area contributed by atoms with Crippen LogP contribution >= 0.6 is 0 Å². The fraction of sp³-hybridized carbons (Fsp3) is 0.444. The van der Waals surface area contributed by atoms with Gasteiger partial charge in [-0.05, 0) is 44.4 Å². The number of amides is 2. The maximum Gasteiger partial charge on any atom is 0.417 e. The lowest BCUT2D eigenvalue weighted by Gasteiger charge is -2.44. The van der Waals surface area contributed by atoms with E-state index in [4.69, 9.17) is 14.1 Å². The lowest BCUT2D eigenvalue weighted by atomic mass is 9.86. The van der Waals surface area contributed by atoms with Crippen molar-refractivity contribution in [3.63, 3.8) is 0 Å². The van der Waals surface area contributed by atoms with Gasteiger partial charge in [0.2, 0.25) is 0 Å². The van der Waals surface area contributed by atoms with Crippen LogP contribution in [0.5, 0.6) is 5.75 Å². The molecule has 0 saturated carbocycles. The van der Waals surface area contributed by atoms with Crippen LogP contribution in [0, 0.1) is 0 Å². The highest BCUT2D eigenvalue weighted by Crippen LogP contribution is 2.49. The van der Waals surface area contributed by atoms with E-state index in [1.54, 1.807) is 13.8 Å². The predicted octanol–water partition coefficient (Wildman–Crippen LogP) is 3.44. The van der Waals surface area contributed by atoms with Crippen molar-refractivity contribution in [3.05, 3.63) is 47.7 Å². The fourth-order valence-corrected chi connectivity index (χ4v) is 6.72. The number of fused-ring (bicyclic) bond motifs is 2. The van der Waals surface area contributed by atoms with E-state index in [-0.39, 0.29) is 52.7 Å². The molecule has 0 aromatic heterocycles. The first-order valence-electron chi connectivity index (χ1n) is 13.4. The Morgan fingerprint density at radius 3 is 2.36 bits per heavy atom. The van der Waals surface area contributed by atoms with Crippen LogP contribution in [0.4, 0.5) is 18.9 Å². The van der Waals surface area contributed by atoms with Gasteiger partial charge in [-0.1, -0.05) is 19.1 Å². The lowest BCUT2D eigenvalue weighted by molar-refractivity contribution is -0.197. The van der Waals surface area contributed by atoms with Crippen LogP contribution in [0.1, 0.15) is 57.1 Å². The number of benzene rings is 1. The molecule has 1 unspecified atom stereocenters. The van der Waals surface area contributed by atoms with Gasteiger partial charge >= 0.3 is 12.1 Å². The van der Waals surface area contributed by atoms with E-state index in [9.17, 15) is 48.9 Å². The minimum atomic E-state index is -4.87. The SMILES string of the molecule is C=C1C=C(C(F)(F)F)c2cc3c(cc2O1)N(CCCCCC(=O)ON1C(=O)CC(S(=O)(=O)O)C1=O)C(C)(C)C=C3CS(=O)(=O)O. The third kappa shape index (κ3) is 7.57. The molecule has 1 aromatic carbocycles. The van der Waals surface area contributed by atoms with Crippen LogP contribution in [-0.2, 0) is 39.5 Å². The summed E-state index contributed by atoms with van der Waals surface area (Å²) in [5.41, 5.74) is -1.68. The minimum Gasteiger partial charge on any atom is -0.457 e. The minimum absolute atomic E-state index is 0.0151. The second kappa shape index (κ2) is 11.9. The highest BCUT2D eigenvalue weighted by Gasteiger charge is 2.48. The second-order valence-corrected chi connectivity index (χ2v) is 14.3. The molecular formula is C27H29F3N2O11S2. The van der Waals surface area contributed by atoms with Crippen LogP contribution in [0.25, 0.3) is 11.1 Å². The molecule has 0 bridgehead atoms. The number of hydrogen-bond acceptors (Lipinski definition) is 10. The van der Waals surface area contributed by atoms with Crippen molar-refractivity contribution in [2.24, 2.45) is 0 Å². The molecule has 2 N–H and O–H groups in total. The number of halogens is 3. The Morgan fingerprint density at radius 2 is 1.78 bits per heavy atom. The zero-order valence-corrected chi connectivity index (χ0v) is 25.6. The van der Waals surface area contributed by atoms with E-state index in [2.05, 4.69) is 6.58 Å². The van der Waals surface area contributed by atoms with Crippen LogP contribution in [-0.4, -0.2) is 78.1 Å². The van der Waals surface area contributed by atoms with Gasteiger partial charge in [0.05, 0.1) is 17.5 Å². The maximum absolute atomic E-state index is 13.9. The molecule has 0 aliphatic carbocycles. The van der Waals surface area contributed by atoms with Gasteiger partial charge in [0.25, 0.3) is 32.1 Å². The van der Waals surface area contributed by atoms with Gasteiger partial charge in [-0.25, -0.2) is 4.79 Å². The number of nitrogens with zero attached hydrogens (tertiary/aromatic N) is 2. The number of carbonyl (C=O) groups excluding carboxylic acids is 3. The molecule has 0 radical (unpaired) electrons. The van der Waals surface area contributed by atoms with Gasteiger partial charge in [-0.15, -0.1) is 5.06 Å². The Morgan fingerprint density at radius 1 is 1.11 bits per heavy atom. The van der Waals surface area contributed by atoms with Crippen LogP contribution in [0.15, 0.2) is 36.6 Å². The van der Waals surface area contributed by atoms with E-state index >= 15 is 0 Å². The van der Waals surface area contributed by atoms with E-state index in [0.29, 0.717) is 18.5 Å². The molecular weight excluding hydrogens is 649 g/mol. The molecule has 18 heteroatoms. The summed E-state index contributed by atoms with van der Waals surface area (Å²) < 4.78 is 112. The molecule has 13 nitrogen and oxygen atoms in total. The average molecular weight is 679 g/mol. The molecule has 1 saturated heterocycles. The largest absolute Gasteiger partial charge is 0.457 e. The Kier molecular flexibility index (Phi) is 9.02. The average Bonchev–Trinajstić information content (AvgIpc) is 3.15. The zero-order valence-electron chi connectivity index (χ0n) is 24.0. The van der Waals surface area contributed by atoms with Gasteiger partial charge in [0.15, 0.2) is 5.25 Å². The number of anilines is 1. The quantitative estimate of drug-likeness (QED) is 0.209. The topological polar surface area (TPSA) is 185 Å². The van der Waals surface area contributed by atoms with Crippen molar-refractivity contribution in [2.75, 3.05) is 17.2 Å². The molecule has 2 amide bonds. The summed E-state index contributed by atoms with van der Waals surface area (Å²) in [4.78, 5) is 42.7. The molecule has 45 heavy (non-hydrogen) atoms. The van der Waals surface area contributed by atoms with Crippen molar-refractivity contribution in [2.45, 2.75) is 62.9 Å². The molecule has 3 aliphatic rings. The van der Waals surface area contributed by atoms with Gasteiger partial charge in [0.1, 0.15) is 17.3 Å². The molecule has 3 aliphatic heterocycles. The molecule has 1 aromatic rings. The highest BCUT2D eigenvalue weighted by atomic mass is 32.2. The Bertz CT molecular complexity index is 1750. The number of hydroxylamine groups is 2. The van der Waals surface area contributed by atoms with Crippen LogP contribution in [0.2, 0.25) is 0 Å². The lowest BCUT2D eigenvalue weighted by Crippen LogP contribution is -2.46. The first-order valence-corrected chi connectivity index (χ1v) is 16.5. The van der Waals surface area contributed by atoms with Crippen molar-refractivity contribution in [3.8, 4) is 5.75 Å². The van der Waals surface area contributed by atoms with Crippen molar-refractivity contribution < 1.29 is 63.1 Å². The maximum atomic E-state index is 13.9. The van der Waals surface area contributed by atoms with Gasteiger partial charge in [-0.3, -0.25) is 18.7 Å². The van der Waals surface area contributed by atoms with Crippen molar-refractivity contribution in [1.82, 2.24) is 5.06 Å². The molecule has 246 valence electrons. The molecule has 4 rings (SSSR count). The standard InChI is InChI=1S/C27H29F3N2O11S2/c1-15-9-19(27(28,29)30)18-10-17-16(14-44(36,37)38)13-26(2,3)31(20(17)11-21(18)42-15)8-6-4-5-7-24(34)43-32-23(33)12-22(25(32)35)45(39,40)41/h9-11,13,22H,1,4-8,12,14H2,2-3H3,(H,36,37,38)(H,39,40,41). The summed E-state index contributed by atoms with van der Waals surface area (Å²) in [7, 11) is -9.43. The van der Waals surface area contributed by atoms with Gasteiger partial charge < -0.3 is 14.5 Å². The number of carbonyl (C=O) groups is 3. The molecule has 3 heterocycles. The summed E-state index contributed by atoms with van der Waals surface area (Å²) in [5, 5.41) is -2.04. The van der Waals surface area contributed by atoms with E-state index in [1.165, 1.54) is 18.2 Å². The van der Waals surface area contributed by atoms with Gasteiger partial charge in [-0.2, -0.15) is 30.0 Å². The Labute approximate surface area is 256 Å². The van der Waals surface area contributed by atoms with E-state index in [0.717, 1.165) is 6.08 Å². The monoisotopic (exact) mass is 678 g/mol. The molecule has 1 fully saturated rings. The predicted molar refractivity (Wildman–Crippen MR) is 152 cm³/mol. The molecule has 0 spiro atoms. The number of ether oxygens (including phenoxy) is 1. The van der Waals surface area contributed by atoms with Crippen LogP contribution in [0.3, 0.4) is 0 Å². The van der Waals surface area contributed by atoms with Crippen LogP contribution < -0.4 is 9.64 Å². The summed E-state index contributed by atoms with van der Waals surface area (Å²) in [6.07, 6.45) is -2.64. The number of rotatable bonds is 10. The normalized spacial score (nSPS) is 19.9. The second-order valence-electron chi connectivity index (χ2n) is 11.2. The number of imide groups is 1. The fourth-order valence-electron chi connectivity index (χ4n) is 5.38. The van der Waals surface area contributed by atoms with Crippen molar-refractivity contribution in [1.29, 1.82) is 0 Å². The van der Waals surface area contributed by atoms with Gasteiger partial charge in [0, 0.05) is 35.8 Å². The van der Waals surface area contributed by atoms with E-state index < -0.39 is 72.7 Å². The zero-order chi connectivity index (χ0) is 33.7. The number of hydrogen-bond donors (Lipinski definition) is 2. The third-order valence-electron chi connectivity index (χ3n) is 7.32. The Hall–Kier alpha value is -3.74. The highest BCUT2D eigenvalue weighted by molar-refractivity contribution is 7.87. The molecule has 1 atom stereocenters. The first-order chi connectivity index (χ1) is 20.6. The number of alkyl halides is 3. The number of allylic oxidation sites excluding steroid dienone is 2. The summed E-state index contributed by atoms with van der Waals surface area (Å²) in [5.74, 6) is -4.71. The van der Waals surface area contributed by atoms with Crippen molar-refractivity contribution >= 4 is 54.9 Å². The summed E-state index contributed by atoms with van der Waals surface area (Å²) in [6, 6.07) is 2.52. The summed E-state index contributed by atoms with van der Waals surface area (Å²) in [6.45, 7) is 7.23. The first kappa shape index (κ1) is 34.1. The number of unbranched alkanes of at least 4 members (excludes halogenated alkanes) is 2.